The fourth-order valence-electron chi connectivity index (χ4n) is 3.28. The maximum absolute atomic E-state index is 13.6. The largest absolute Gasteiger partial charge is 0.390 e. The van der Waals surface area contributed by atoms with E-state index in [4.69, 9.17) is 5.73 Å². The van der Waals surface area contributed by atoms with Crippen LogP contribution in [0.2, 0.25) is 0 Å². The van der Waals surface area contributed by atoms with Crippen molar-refractivity contribution < 1.29 is 14.6 Å². The molecule has 1 fully saturated rings. The zero-order chi connectivity index (χ0) is 16.4. The Morgan fingerprint density at radius 1 is 1.25 bits per heavy atom. The fourth-order valence-corrected chi connectivity index (χ4v) is 3.28. The molecule has 0 unspecified atom stereocenters. The van der Waals surface area contributed by atoms with Gasteiger partial charge in [0.2, 0.25) is 0 Å². The molecular weight excluding hydrogens is 333 g/mol. The molecule has 0 radical (unpaired) electrons. The Labute approximate surface area is 146 Å². The van der Waals surface area contributed by atoms with Gasteiger partial charge in [-0.1, -0.05) is 6.07 Å². The molecule has 0 aliphatic carbocycles. The van der Waals surface area contributed by atoms with Crippen LogP contribution in [0.1, 0.15) is 12.8 Å². The summed E-state index contributed by atoms with van der Waals surface area (Å²) in [5, 5.41) is 21.5. The van der Waals surface area contributed by atoms with Crippen molar-refractivity contribution in [2.75, 3.05) is 24.5 Å². The number of aromatic nitrogens is 1. The van der Waals surface area contributed by atoms with Gasteiger partial charge in [-0.25, -0.2) is 9.37 Å². The van der Waals surface area contributed by atoms with Crippen LogP contribution in [0.4, 0.5) is 10.2 Å². The highest BCUT2D eigenvalue weighted by molar-refractivity contribution is 5.92. The molecule has 0 saturated carbocycles. The third kappa shape index (κ3) is 3.78. The van der Waals surface area contributed by atoms with Crippen molar-refractivity contribution in [3.63, 3.8) is 0 Å². The van der Waals surface area contributed by atoms with Crippen LogP contribution >= 0.6 is 12.4 Å². The molecular formula is C17H23ClFN3O2. The number of hydrogen-bond donors (Lipinski definition) is 3. The van der Waals surface area contributed by atoms with E-state index in [1.165, 1.54) is 12.1 Å². The Balaban J connectivity index is 0.00000208. The third-order valence-electron chi connectivity index (χ3n) is 4.67. The van der Waals surface area contributed by atoms with Gasteiger partial charge in [-0.05, 0) is 42.3 Å². The van der Waals surface area contributed by atoms with Crippen molar-refractivity contribution in [2.45, 2.75) is 25.0 Å². The molecule has 2 atom stereocenters. The Morgan fingerprint density at radius 2 is 1.96 bits per heavy atom. The van der Waals surface area contributed by atoms with E-state index in [0.717, 1.165) is 29.4 Å². The second-order valence-corrected chi connectivity index (χ2v) is 6.12. The summed E-state index contributed by atoms with van der Waals surface area (Å²) in [7, 11) is 0. The van der Waals surface area contributed by atoms with E-state index >= 15 is 0 Å². The van der Waals surface area contributed by atoms with E-state index in [2.05, 4.69) is 9.88 Å². The number of pyridine rings is 1. The highest BCUT2D eigenvalue weighted by atomic mass is 35.5. The van der Waals surface area contributed by atoms with E-state index in [9.17, 15) is 14.6 Å². The van der Waals surface area contributed by atoms with Crippen LogP contribution < -0.4 is 10.6 Å². The number of hydrogen-bond acceptors (Lipinski definition) is 5. The van der Waals surface area contributed by atoms with Crippen LogP contribution in [0.5, 0.6) is 0 Å². The van der Waals surface area contributed by atoms with Crippen LogP contribution in [-0.4, -0.2) is 47.0 Å². The first kappa shape index (κ1) is 18.9. The predicted octanol–water partition coefficient (Wildman–Crippen LogP) is 1.69. The third-order valence-corrected chi connectivity index (χ3v) is 4.67. The lowest BCUT2D eigenvalue weighted by Gasteiger charge is -2.36. The lowest BCUT2D eigenvalue weighted by molar-refractivity contribution is -0.0185. The summed E-state index contributed by atoms with van der Waals surface area (Å²) in [6.45, 7) is 1.48. The second kappa shape index (κ2) is 8.07. The van der Waals surface area contributed by atoms with Gasteiger partial charge in [-0.15, -0.1) is 12.4 Å². The highest BCUT2D eigenvalue weighted by Gasteiger charge is 2.30. The summed E-state index contributed by atoms with van der Waals surface area (Å²) in [5.74, 6) is 0.522. The molecule has 24 heavy (non-hydrogen) atoms. The van der Waals surface area contributed by atoms with Crippen molar-refractivity contribution >= 4 is 29.0 Å². The van der Waals surface area contributed by atoms with E-state index in [1.54, 1.807) is 12.3 Å². The lowest BCUT2D eigenvalue weighted by Crippen LogP contribution is -2.44. The minimum atomic E-state index is -0.878. The molecule has 0 amide bonds. The summed E-state index contributed by atoms with van der Waals surface area (Å²) < 4.78 is 13.6. The molecule has 0 spiro atoms. The molecule has 1 saturated heterocycles. The number of nitrogens with two attached hydrogens (primary N) is 1. The molecule has 5 nitrogen and oxygen atoms in total. The molecule has 7 heteroatoms. The van der Waals surface area contributed by atoms with Crippen LogP contribution in [0, 0.1) is 11.7 Å². The van der Waals surface area contributed by atoms with Gasteiger partial charge < -0.3 is 20.8 Å². The Kier molecular flexibility index (Phi) is 6.34. The zero-order valence-corrected chi connectivity index (χ0v) is 14.1. The maximum atomic E-state index is 13.6. The number of rotatable bonds is 4. The average molecular weight is 356 g/mol. The van der Waals surface area contributed by atoms with Gasteiger partial charge in [-0.2, -0.15) is 0 Å². The predicted molar refractivity (Wildman–Crippen MR) is 95.0 cm³/mol. The van der Waals surface area contributed by atoms with Gasteiger partial charge >= 0.3 is 0 Å². The zero-order valence-electron chi connectivity index (χ0n) is 13.3. The molecule has 1 aromatic carbocycles. The van der Waals surface area contributed by atoms with Crippen molar-refractivity contribution in [3.05, 3.63) is 36.3 Å². The fraction of sp³-hybridized carbons (Fsp3) is 0.471. The molecule has 2 heterocycles. The highest BCUT2D eigenvalue weighted by Crippen LogP contribution is 2.30. The monoisotopic (exact) mass is 355 g/mol. The van der Waals surface area contributed by atoms with Gasteiger partial charge in [0.1, 0.15) is 11.6 Å². The molecule has 0 bridgehead atoms. The number of nitrogens with zero attached hydrogens (tertiary/aromatic N) is 2. The number of halogens is 2. The number of benzene rings is 1. The number of fused-ring (bicyclic) bond motifs is 1. The topological polar surface area (TPSA) is 82.6 Å². The number of aliphatic hydroxyl groups is 2. The summed E-state index contributed by atoms with van der Waals surface area (Å²) in [4.78, 5) is 6.53. The number of anilines is 1. The minimum absolute atomic E-state index is 0. The van der Waals surface area contributed by atoms with Crippen LogP contribution in [0.25, 0.3) is 10.8 Å². The summed E-state index contributed by atoms with van der Waals surface area (Å²) in [6.07, 6.45) is 1.54. The first-order chi connectivity index (χ1) is 11.1. The Morgan fingerprint density at radius 3 is 2.62 bits per heavy atom. The molecule has 1 aliphatic heterocycles. The van der Waals surface area contributed by atoms with Crippen molar-refractivity contribution in [1.29, 1.82) is 0 Å². The quantitative estimate of drug-likeness (QED) is 0.777. The maximum Gasteiger partial charge on any atom is 0.136 e. The first-order valence-electron chi connectivity index (χ1n) is 7.95. The van der Waals surface area contributed by atoms with Gasteiger partial charge in [0.15, 0.2) is 0 Å². The van der Waals surface area contributed by atoms with E-state index in [-0.39, 0.29) is 30.7 Å². The molecule has 1 aliphatic rings. The van der Waals surface area contributed by atoms with Gasteiger partial charge in [0, 0.05) is 31.2 Å². The Bertz CT molecular complexity index is 680. The Hall–Kier alpha value is -1.47. The van der Waals surface area contributed by atoms with Gasteiger partial charge in [-0.3, -0.25) is 0 Å². The minimum Gasteiger partial charge on any atom is -0.390 e. The normalized spacial score (nSPS) is 18.2. The van der Waals surface area contributed by atoms with Crippen molar-refractivity contribution in [3.8, 4) is 0 Å². The van der Waals surface area contributed by atoms with Crippen molar-refractivity contribution in [1.82, 2.24) is 4.98 Å². The average Bonchev–Trinajstić information content (AvgIpc) is 2.60. The smallest absolute Gasteiger partial charge is 0.136 e. The van der Waals surface area contributed by atoms with E-state index < -0.39 is 12.2 Å². The number of aliphatic hydroxyl groups excluding tert-OH is 2. The van der Waals surface area contributed by atoms with E-state index in [1.807, 2.05) is 6.07 Å². The van der Waals surface area contributed by atoms with Crippen LogP contribution in [0.15, 0.2) is 30.5 Å². The summed E-state index contributed by atoms with van der Waals surface area (Å²) in [6, 6.07) is 6.58. The second-order valence-electron chi connectivity index (χ2n) is 6.12. The van der Waals surface area contributed by atoms with E-state index in [0.29, 0.717) is 13.1 Å². The molecule has 132 valence electrons. The molecule has 3 rings (SSSR count). The number of piperidine rings is 1. The first-order valence-corrected chi connectivity index (χ1v) is 7.95. The SMILES string of the molecule is Cl.NC[C@H](O)[C@@H](O)C1CCN(c2nccc3ccc(F)cc23)CC1. The molecule has 2 aromatic rings. The van der Waals surface area contributed by atoms with Gasteiger partial charge in [0.05, 0.1) is 12.2 Å². The standard InChI is InChI=1S/C17H22FN3O2.ClH/c18-13-2-1-11-3-6-20-17(14(11)9-13)21-7-4-12(5-8-21)16(23)15(22)10-19;/h1-3,6,9,12,15-16,22-23H,4-5,7-8,10,19H2;1H/t15-,16-;/m0./s1. The summed E-state index contributed by atoms with van der Waals surface area (Å²) in [5.41, 5.74) is 5.41. The van der Waals surface area contributed by atoms with Gasteiger partial charge in [0.25, 0.3) is 0 Å². The van der Waals surface area contributed by atoms with Crippen LogP contribution in [0.3, 0.4) is 0 Å². The van der Waals surface area contributed by atoms with Crippen molar-refractivity contribution in [2.24, 2.45) is 11.7 Å². The molecule has 4 N–H and O–H groups in total. The van der Waals surface area contributed by atoms with Crippen LogP contribution in [-0.2, 0) is 0 Å². The summed E-state index contributed by atoms with van der Waals surface area (Å²) >= 11 is 0. The lowest BCUT2D eigenvalue weighted by atomic mass is 9.88. The molecule has 1 aromatic heterocycles.